The summed E-state index contributed by atoms with van der Waals surface area (Å²) in [5.74, 6) is -2.90. The van der Waals surface area contributed by atoms with Gasteiger partial charge >= 0.3 is 12.1 Å². The number of carbonyl (C=O) groups is 2. The van der Waals surface area contributed by atoms with Crippen molar-refractivity contribution in [3.05, 3.63) is 71.5 Å². The summed E-state index contributed by atoms with van der Waals surface area (Å²) in [6.07, 6.45) is -1.84. The number of nitrogens with zero attached hydrogens (tertiary/aromatic N) is 1. The molecular weight excluding hydrogens is 373 g/mol. The molecule has 2 aromatic carbocycles. The molecule has 28 heavy (non-hydrogen) atoms. The SMILES string of the molecule is C[C@@H](NC(=O)C(F)(F)F)c1ccc(C(=O)c2cccc3cnccc23)c(O)c1. The Morgan fingerprint density at radius 3 is 2.54 bits per heavy atom. The first-order valence-corrected chi connectivity index (χ1v) is 8.26. The molecule has 0 saturated carbocycles. The van der Waals surface area contributed by atoms with E-state index in [4.69, 9.17) is 0 Å². The Kier molecular flexibility index (Phi) is 5.04. The van der Waals surface area contributed by atoms with Crippen molar-refractivity contribution in [2.75, 3.05) is 0 Å². The molecule has 3 aromatic rings. The van der Waals surface area contributed by atoms with Gasteiger partial charge in [-0.25, -0.2) is 0 Å². The third-order valence-electron chi connectivity index (χ3n) is 4.30. The molecule has 0 radical (unpaired) electrons. The summed E-state index contributed by atoms with van der Waals surface area (Å²) in [5.41, 5.74) is 0.595. The number of carbonyl (C=O) groups excluding carboxylic acids is 2. The smallest absolute Gasteiger partial charge is 0.471 e. The number of ketones is 1. The number of alkyl halides is 3. The predicted molar refractivity (Wildman–Crippen MR) is 95.9 cm³/mol. The number of hydrogen-bond donors (Lipinski definition) is 2. The van der Waals surface area contributed by atoms with Gasteiger partial charge in [0.2, 0.25) is 0 Å². The molecule has 1 heterocycles. The molecule has 0 unspecified atom stereocenters. The molecule has 3 rings (SSSR count). The molecule has 5 nitrogen and oxygen atoms in total. The van der Waals surface area contributed by atoms with Gasteiger partial charge in [0, 0.05) is 23.3 Å². The van der Waals surface area contributed by atoms with E-state index in [-0.39, 0.29) is 16.9 Å². The fourth-order valence-corrected chi connectivity index (χ4v) is 2.84. The molecule has 144 valence electrons. The van der Waals surface area contributed by atoms with Crippen LogP contribution in [0.2, 0.25) is 0 Å². The van der Waals surface area contributed by atoms with Crippen LogP contribution in [-0.2, 0) is 4.79 Å². The van der Waals surface area contributed by atoms with E-state index < -0.39 is 23.9 Å². The van der Waals surface area contributed by atoms with E-state index in [1.807, 2.05) is 0 Å². The number of aromatic hydroxyl groups is 1. The molecule has 0 saturated heterocycles. The van der Waals surface area contributed by atoms with Gasteiger partial charge in [0.25, 0.3) is 0 Å². The van der Waals surface area contributed by atoms with Crippen LogP contribution >= 0.6 is 0 Å². The number of aromatic nitrogens is 1. The monoisotopic (exact) mass is 388 g/mol. The van der Waals surface area contributed by atoms with E-state index in [1.54, 1.807) is 42.0 Å². The third kappa shape index (κ3) is 3.80. The summed E-state index contributed by atoms with van der Waals surface area (Å²) in [5, 5.41) is 13.5. The zero-order valence-corrected chi connectivity index (χ0v) is 14.6. The molecule has 0 aliphatic rings. The number of halogens is 3. The lowest BCUT2D eigenvalue weighted by Crippen LogP contribution is -2.38. The van der Waals surface area contributed by atoms with Crippen LogP contribution in [0.5, 0.6) is 5.75 Å². The average molecular weight is 388 g/mol. The number of benzene rings is 2. The maximum Gasteiger partial charge on any atom is 0.471 e. The van der Waals surface area contributed by atoms with Gasteiger partial charge in [-0.3, -0.25) is 14.6 Å². The molecule has 0 bridgehead atoms. The molecule has 1 atom stereocenters. The van der Waals surface area contributed by atoms with Crippen LogP contribution in [0.15, 0.2) is 54.9 Å². The number of fused-ring (bicyclic) bond motifs is 1. The van der Waals surface area contributed by atoms with Crippen molar-refractivity contribution < 1.29 is 27.9 Å². The van der Waals surface area contributed by atoms with Crippen LogP contribution in [0, 0.1) is 0 Å². The zero-order chi connectivity index (χ0) is 20.5. The lowest BCUT2D eigenvalue weighted by Gasteiger charge is -2.16. The van der Waals surface area contributed by atoms with Gasteiger partial charge in [-0.1, -0.05) is 24.3 Å². The van der Waals surface area contributed by atoms with E-state index in [2.05, 4.69) is 4.98 Å². The van der Waals surface area contributed by atoms with Crippen LogP contribution in [0.4, 0.5) is 13.2 Å². The number of rotatable bonds is 4. The van der Waals surface area contributed by atoms with Crippen molar-refractivity contribution in [2.45, 2.75) is 19.1 Å². The van der Waals surface area contributed by atoms with E-state index in [0.29, 0.717) is 10.9 Å². The summed E-state index contributed by atoms with van der Waals surface area (Å²) in [6.45, 7) is 1.34. The Morgan fingerprint density at radius 1 is 1.11 bits per heavy atom. The standard InChI is InChI=1S/C20H15F3N2O3/c1-11(25-19(28)20(21,22)23)12-5-6-16(17(26)9-12)18(27)15-4-2-3-13-10-24-8-7-14(13)15/h2-11,26H,1H3,(H,25,28)/t11-/m1/s1. The first-order valence-electron chi connectivity index (χ1n) is 8.26. The molecular formula is C20H15F3N2O3. The second-order valence-electron chi connectivity index (χ2n) is 6.20. The summed E-state index contributed by atoms with van der Waals surface area (Å²) in [4.78, 5) is 27.9. The Labute approximate surface area is 157 Å². The first-order chi connectivity index (χ1) is 13.2. The molecule has 1 amide bonds. The maximum atomic E-state index is 12.9. The van der Waals surface area contributed by atoms with Crippen LogP contribution < -0.4 is 5.32 Å². The van der Waals surface area contributed by atoms with Crippen molar-refractivity contribution in [3.8, 4) is 5.75 Å². The fraction of sp³-hybridized carbons (Fsp3) is 0.150. The minimum atomic E-state index is -5.00. The summed E-state index contributed by atoms with van der Waals surface area (Å²) in [7, 11) is 0. The van der Waals surface area contributed by atoms with Crippen LogP contribution in [0.25, 0.3) is 10.8 Å². The summed E-state index contributed by atoms with van der Waals surface area (Å²) in [6, 6.07) is 9.66. The Hall–Kier alpha value is -3.42. The highest BCUT2D eigenvalue weighted by molar-refractivity contribution is 6.17. The molecule has 8 heteroatoms. The highest BCUT2D eigenvalue weighted by atomic mass is 19.4. The topological polar surface area (TPSA) is 79.3 Å². The number of hydrogen-bond acceptors (Lipinski definition) is 4. The highest BCUT2D eigenvalue weighted by Crippen LogP contribution is 2.28. The van der Waals surface area contributed by atoms with Crippen LogP contribution in [0.1, 0.15) is 34.5 Å². The number of pyridine rings is 1. The van der Waals surface area contributed by atoms with Gasteiger partial charge in [0.15, 0.2) is 5.78 Å². The normalized spacial score (nSPS) is 12.6. The largest absolute Gasteiger partial charge is 0.507 e. The van der Waals surface area contributed by atoms with Gasteiger partial charge in [-0.2, -0.15) is 13.2 Å². The van der Waals surface area contributed by atoms with Gasteiger partial charge < -0.3 is 10.4 Å². The summed E-state index contributed by atoms with van der Waals surface area (Å²) >= 11 is 0. The average Bonchev–Trinajstić information content (AvgIpc) is 2.66. The van der Waals surface area contributed by atoms with Gasteiger partial charge in [-0.05, 0) is 36.1 Å². The lowest BCUT2D eigenvalue weighted by atomic mass is 9.96. The number of nitrogens with one attached hydrogen (secondary N) is 1. The van der Waals surface area contributed by atoms with Crippen molar-refractivity contribution in [2.24, 2.45) is 0 Å². The maximum absolute atomic E-state index is 12.9. The van der Waals surface area contributed by atoms with Crippen LogP contribution in [-0.4, -0.2) is 28.0 Å². The highest BCUT2D eigenvalue weighted by Gasteiger charge is 2.39. The molecule has 0 fully saturated rings. The first kappa shape index (κ1) is 19.3. The second kappa shape index (κ2) is 7.30. The van der Waals surface area contributed by atoms with Gasteiger partial charge in [-0.15, -0.1) is 0 Å². The zero-order valence-electron chi connectivity index (χ0n) is 14.6. The van der Waals surface area contributed by atoms with E-state index in [0.717, 1.165) is 5.39 Å². The predicted octanol–water partition coefficient (Wildman–Crippen LogP) is 3.91. The van der Waals surface area contributed by atoms with Gasteiger partial charge in [0.05, 0.1) is 11.6 Å². The quantitative estimate of drug-likeness (QED) is 0.664. The molecule has 1 aromatic heterocycles. The van der Waals surface area contributed by atoms with E-state index in [1.165, 1.54) is 25.1 Å². The second-order valence-corrected chi connectivity index (χ2v) is 6.20. The number of phenols is 1. The Bertz CT molecular complexity index is 1060. The third-order valence-corrected chi connectivity index (χ3v) is 4.30. The van der Waals surface area contributed by atoms with Crippen LogP contribution in [0.3, 0.4) is 0 Å². The molecule has 0 aliphatic heterocycles. The molecule has 2 N–H and O–H groups in total. The van der Waals surface area contributed by atoms with Crippen molar-refractivity contribution in [1.29, 1.82) is 0 Å². The summed E-state index contributed by atoms with van der Waals surface area (Å²) < 4.78 is 37.1. The lowest BCUT2D eigenvalue weighted by molar-refractivity contribution is -0.174. The van der Waals surface area contributed by atoms with Crippen molar-refractivity contribution in [1.82, 2.24) is 10.3 Å². The van der Waals surface area contributed by atoms with E-state index >= 15 is 0 Å². The van der Waals surface area contributed by atoms with E-state index in [9.17, 15) is 27.9 Å². The minimum Gasteiger partial charge on any atom is -0.507 e. The Morgan fingerprint density at radius 2 is 1.86 bits per heavy atom. The fourth-order valence-electron chi connectivity index (χ4n) is 2.84. The molecule has 0 aliphatic carbocycles. The number of phenolic OH excluding ortho intramolecular Hbond substituents is 1. The number of amides is 1. The van der Waals surface area contributed by atoms with Gasteiger partial charge in [0.1, 0.15) is 5.75 Å². The van der Waals surface area contributed by atoms with Crippen molar-refractivity contribution in [3.63, 3.8) is 0 Å². The molecule has 0 spiro atoms. The van der Waals surface area contributed by atoms with Crippen molar-refractivity contribution >= 4 is 22.5 Å². The minimum absolute atomic E-state index is 0.00223. The Balaban J connectivity index is 1.90.